The second-order valence-corrected chi connectivity index (χ2v) is 6.71. The van der Waals surface area contributed by atoms with Gasteiger partial charge >= 0.3 is 0 Å². The summed E-state index contributed by atoms with van der Waals surface area (Å²) in [6, 6.07) is 7.89. The predicted octanol–water partition coefficient (Wildman–Crippen LogP) is 0.702. The molecule has 1 aromatic carbocycles. The minimum absolute atomic E-state index is 0.408. The highest BCUT2D eigenvalue weighted by Crippen LogP contribution is 2.33. The van der Waals surface area contributed by atoms with Crippen molar-refractivity contribution in [3.8, 4) is 0 Å². The van der Waals surface area contributed by atoms with E-state index in [0.717, 1.165) is 4.90 Å². The normalized spacial score (nSPS) is 33.4. The van der Waals surface area contributed by atoms with Crippen LogP contribution in [0.1, 0.15) is 25.3 Å². The number of hydrogen-bond acceptors (Lipinski definition) is 6. The maximum absolute atomic E-state index is 9.99. The van der Waals surface area contributed by atoms with Crippen molar-refractivity contribution in [1.82, 2.24) is 0 Å². The molecular weight excluding hydrogens is 292 g/mol. The number of aliphatic hydroxyl groups excluding tert-OH is 4. The Morgan fingerprint density at radius 1 is 1.05 bits per heavy atom. The number of hydrogen-bond donors (Lipinski definition) is 4. The largest absolute Gasteiger partial charge is 0.394 e. The molecule has 0 spiro atoms. The summed E-state index contributed by atoms with van der Waals surface area (Å²) in [7, 11) is 0. The summed E-state index contributed by atoms with van der Waals surface area (Å²) in [5.41, 5.74) is 0.485. The Kier molecular flexibility index (Phi) is 5.65. The minimum atomic E-state index is -1.33. The van der Waals surface area contributed by atoms with E-state index in [-0.39, 0.29) is 0 Å². The first-order valence-corrected chi connectivity index (χ1v) is 7.89. The third-order valence-electron chi connectivity index (χ3n) is 3.65. The monoisotopic (exact) mass is 314 g/mol. The minimum Gasteiger partial charge on any atom is -0.394 e. The summed E-state index contributed by atoms with van der Waals surface area (Å²) < 4.78 is 5.47. The van der Waals surface area contributed by atoms with Crippen LogP contribution in [0.15, 0.2) is 29.2 Å². The van der Waals surface area contributed by atoms with Gasteiger partial charge in [0.25, 0.3) is 0 Å². The van der Waals surface area contributed by atoms with E-state index in [2.05, 4.69) is 13.8 Å². The van der Waals surface area contributed by atoms with E-state index in [1.54, 1.807) is 0 Å². The summed E-state index contributed by atoms with van der Waals surface area (Å²) >= 11 is 1.26. The van der Waals surface area contributed by atoms with Gasteiger partial charge in [0.2, 0.25) is 0 Å². The first-order chi connectivity index (χ1) is 9.93. The lowest BCUT2D eigenvalue weighted by molar-refractivity contribution is -0.205. The van der Waals surface area contributed by atoms with Crippen LogP contribution in [0.2, 0.25) is 0 Å². The van der Waals surface area contributed by atoms with Gasteiger partial charge in [-0.15, -0.1) is 0 Å². The van der Waals surface area contributed by atoms with Gasteiger partial charge < -0.3 is 25.2 Å². The molecule has 0 saturated carbocycles. The van der Waals surface area contributed by atoms with Crippen LogP contribution < -0.4 is 0 Å². The SMILES string of the molecule is CC(C)c1ccc(S[C@@H]2O[C@H](CO)[C@H](O)[C@H](O)[C@H]2O)cc1. The van der Waals surface area contributed by atoms with Gasteiger partial charge in [-0.2, -0.15) is 0 Å². The standard InChI is InChI=1S/C15H22O5S/c1-8(2)9-3-5-10(6-4-9)21-15-14(19)13(18)12(17)11(7-16)20-15/h3-6,8,11-19H,7H2,1-2H3/t11-,12+,13+,14-,15+/m1/s1. The molecule has 0 aromatic heterocycles. The predicted molar refractivity (Wildman–Crippen MR) is 80.2 cm³/mol. The van der Waals surface area contributed by atoms with Gasteiger partial charge in [-0.1, -0.05) is 37.7 Å². The topological polar surface area (TPSA) is 90.2 Å². The number of aliphatic hydroxyl groups is 4. The Hall–Kier alpha value is -0.630. The van der Waals surface area contributed by atoms with Gasteiger partial charge in [0.1, 0.15) is 29.9 Å². The lowest BCUT2D eigenvalue weighted by atomic mass is 10.0. The molecule has 118 valence electrons. The Labute approximate surface area is 128 Å². The van der Waals surface area contributed by atoms with Crippen LogP contribution in [-0.2, 0) is 4.74 Å². The molecule has 0 radical (unpaired) electrons. The molecule has 2 rings (SSSR count). The Morgan fingerprint density at radius 3 is 2.19 bits per heavy atom. The highest BCUT2D eigenvalue weighted by atomic mass is 32.2. The quantitative estimate of drug-likeness (QED) is 0.654. The number of ether oxygens (including phenoxy) is 1. The van der Waals surface area contributed by atoms with Crippen molar-refractivity contribution >= 4 is 11.8 Å². The maximum Gasteiger partial charge on any atom is 0.136 e. The Balaban J connectivity index is 2.07. The van der Waals surface area contributed by atoms with Crippen molar-refractivity contribution < 1.29 is 25.2 Å². The molecule has 4 N–H and O–H groups in total. The number of rotatable bonds is 4. The molecule has 5 nitrogen and oxygen atoms in total. The van der Waals surface area contributed by atoms with Crippen molar-refractivity contribution in [1.29, 1.82) is 0 Å². The van der Waals surface area contributed by atoms with E-state index < -0.39 is 36.5 Å². The summed E-state index contributed by atoms with van der Waals surface area (Å²) in [4.78, 5) is 0.892. The van der Waals surface area contributed by atoms with Crippen molar-refractivity contribution in [2.75, 3.05) is 6.61 Å². The molecule has 0 bridgehead atoms. The average molecular weight is 314 g/mol. The summed E-state index contributed by atoms with van der Waals surface area (Å²) in [6.07, 6.45) is -4.72. The lowest BCUT2D eigenvalue weighted by Gasteiger charge is -2.39. The third-order valence-corrected chi connectivity index (χ3v) is 4.81. The molecule has 1 aliphatic rings. The molecule has 1 aromatic rings. The molecule has 0 unspecified atom stereocenters. The van der Waals surface area contributed by atoms with Crippen LogP contribution in [-0.4, -0.2) is 56.9 Å². The summed E-state index contributed by atoms with van der Waals surface area (Å²) in [6.45, 7) is 3.81. The molecule has 0 aliphatic carbocycles. The van der Waals surface area contributed by atoms with E-state index in [0.29, 0.717) is 5.92 Å². The zero-order valence-electron chi connectivity index (χ0n) is 12.1. The fourth-order valence-electron chi connectivity index (χ4n) is 2.23. The van der Waals surface area contributed by atoms with Crippen LogP contribution in [0.5, 0.6) is 0 Å². The van der Waals surface area contributed by atoms with Crippen molar-refractivity contribution in [2.24, 2.45) is 0 Å². The zero-order chi connectivity index (χ0) is 15.6. The van der Waals surface area contributed by atoms with Crippen molar-refractivity contribution in [2.45, 2.75) is 54.5 Å². The molecule has 21 heavy (non-hydrogen) atoms. The van der Waals surface area contributed by atoms with Gasteiger partial charge in [0, 0.05) is 4.90 Å². The smallest absolute Gasteiger partial charge is 0.136 e. The van der Waals surface area contributed by atoms with Gasteiger partial charge in [-0.05, 0) is 23.6 Å². The Bertz CT molecular complexity index is 448. The van der Waals surface area contributed by atoms with Crippen molar-refractivity contribution in [3.63, 3.8) is 0 Å². The second-order valence-electron chi connectivity index (χ2n) is 5.54. The zero-order valence-corrected chi connectivity index (χ0v) is 12.9. The molecule has 1 heterocycles. The van der Waals surface area contributed by atoms with Crippen LogP contribution in [0.4, 0.5) is 0 Å². The van der Waals surface area contributed by atoms with Gasteiger partial charge in [-0.25, -0.2) is 0 Å². The van der Waals surface area contributed by atoms with E-state index in [1.165, 1.54) is 17.3 Å². The first kappa shape index (κ1) is 16.7. The van der Waals surface area contributed by atoms with Gasteiger partial charge in [0.15, 0.2) is 0 Å². The van der Waals surface area contributed by atoms with Crippen LogP contribution in [0, 0.1) is 0 Å². The second kappa shape index (κ2) is 7.09. The fraction of sp³-hybridized carbons (Fsp3) is 0.600. The molecular formula is C15H22O5S. The molecule has 1 fully saturated rings. The molecule has 1 aliphatic heterocycles. The van der Waals surface area contributed by atoms with Crippen LogP contribution in [0.25, 0.3) is 0 Å². The number of benzene rings is 1. The molecule has 0 amide bonds. The third kappa shape index (κ3) is 3.77. The summed E-state index contributed by atoms with van der Waals surface area (Å²) in [5, 5.41) is 38.6. The molecule has 1 saturated heterocycles. The first-order valence-electron chi connectivity index (χ1n) is 7.01. The van der Waals surface area contributed by atoms with Crippen LogP contribution >= 0.6 is 11.8 Å². The van der Waals surface area contributed by atoms with Gasteiger partial charge in [0.05, 0.1) is 6.61 Å². The highest BCUT2D eigenvalue weighted by Gasteiger charge is 2.43. The van der Waals surface area contributed by atoms with E-state index in [9.17, 15) is 15.3 Å². The number of thioether (sulfide) groups is 1. The van der Waals surface area contributed by atoms with Crippen molar-refractivity contribution in [3.05, 3.63) is 29.8 Å². The summed E-state index contributed by atoms with van der Waals surface area (Å²) in [5.74, 6) is 0.441. The molecule has 5 atom stereocenters. The lowest BCUT2D eigenvalue weighted by Crippen LogP contribution is -2.57. The van der Waals surface area contributed by atoms with Gasteiger partial charge in [-0.3, -0.25) is 0 Å². The average Bonchev–Trinajstić information content (AvgIpc) is 2.48. The van der Waals surface area contributed by atoms with E-state index in [4.69, 9.17) is 9.84 Å². The van der Waals surface area contributed by atoms with E-state index in [1.807, 2.05) is 24.3 Å². The molecule has 6 heteroatoms. The maximum atomic E-state index is 9.99. The van der Waals surface area contributed by atoms with Crippen LogP contribution in [0.3, 0.4) is 0 Å². The highest BCUT2D eigenvalue weighted by molar-refractivity contribution is 7.99. The fourth-order valence-corrected chi connectivity index (χ4v) is 3.29. The van der Waals surface area contributed by atoms with E-state index >= 15 is 0 Å². The Morgan fingerprint density at radius 2 is 1.67 bits per heavy atom.